The van der Waals surface area contributed by atoms with E-state index in [4.69, 9.17) is 14.2 Å². The number of rotatable bonds is 20. The minimum atomic E-state index is -4.75. The average molecular weight is 807 g/mol. The molecular formula is C43H53F3N6O6. The highest BCUT2D eigenvalue weighted by molar-refractivity contribution is 5.99. The number of hydrogen-bond donors (Lipinski definition) is 4. The second-order valence-electron chi connectivity index (χ2n) is 15.3. The van der Waals surface area contributed by atoms with E-state index in [-0.39, 0.29) is 29.0 Å². The molecule has 58 heavy (non-hydrogen) atoms. The van der Waals surface area contributed by atoms with Gasteiger partial charge < -0.3 is 40.2 Å². The molecule has 1 aliphatic heterocycles. The van der Waals surface area contributed by atoms with Gasteiger partial charge in [-0.05, 0) is 105 Å². The van der Waals surface area contributed by atoms with Crippen molar-refractivity contribution < 1.29 is 41.7 Å². The zero-order valence-electron chi connectivity index (χ0n) is 33.4. The molecule has 0 saturated carbocycles. The van der Waals surface area contributed by atoms with Crippen molar-refractivity contribution in [1.82, 2.24) is 20.6 Å². The normalized spacial score (nSPS) is 15.4. The molecule has 3 aromatic carbocycles. The maximum absolute atomic E-state index is 13.0. The lowest BCUT2D eigenvalue weighted by Crippen LogP contribution is -2.40. The predicted molar refractivity (Wildman–Crippen MR) is 217 cm³/mol. The number of halogens is 3. The van der Waals surface area contributed by atoms with E-state index in [0.717, 1.165) is 50.5 Å². The third-order valence-corrected chi connectivity index (χ3v) is 9.25. The average Bonchev–Trinajstić information content (AvgIpc) is 3.64. The van der Waals surface area contributed by atoms with Gasteiger partial charge in [0.25, 0.3) is 5.91 Å². The Morgan fingerprint density at radius 1 is 0.862 bits per heavy atom. The number of alkyl halides is 3. The standard InChI is InChI=1S/C43H53F3N6O6/c1-42(2,3)27-32-15-19-36(50-32)41(54)52-35-18-12-30(25-38(35)55-4)40(53)47-20-5-6-21-56-22-7-8-23-57-34-11-9-10-29(24-34)37-26-39(49-28-48-37)51-31-13-16-33(17-14-31)58-43(44,45)46/h9-14,16-18,24-26,28,32,36,50H,5-8,15,19-23,27H2,1-4H3,(H,47,53)(H,52,54)(H,48,49,51). The van der Waals surface area contributed by atoms with Gasteiger partial charge >= 0.3 is 6.36 Å². The minimum Gasteiger partial charge on any atom is -0.495 e. The molecule has 2 unspecified atom stereocenters. The van der Waals surface area contributed by atoms with Crippen LogP contribution in [0.3, 0.4) is 0 Å². The quantitative estimate of drug-likeness (QED) is 0.0641. The summed E-state index contributed by atoms with van der Waals surface area (Å²) in [7, 11) is 1.52. The summed E-state index contributed by atoms with van der Waals surface area (Å²) in [6, 6.07) is 19.7. The van der Waals surface area contributed by atoms with E-state index < -0.39 is 6.36 Å². The zero-order chi connectivity index (χ0) is 41.5. The van der Waals surface area contributed by atoms with E-state index in [1.54, 1.807) is 24.3 Å². The predicted octanol–water partition coefficient (Wildman–Crippen LogP) is 8.68. The zero-order valence-corrected chi connectivity index (χ0v) is 33.4. The van der Waals surface area contributed by atoms with Crippen molar-refractivity contribution in [2.45, 2.75) is 84.2 Å². The number of amides is 2. The first-order valence-electron chi connectivity index (χ1n) is 19.5. The Balaban J connectivity index is 0.932. The molecule has 5 rings (SSSR count). The maximum atomic E-state index is 13.0. The molecule has 1 aliphatic rings. The van der Waals surface area contributed by atoms with Crippen LogP contribution in [0.1, 0.15) is 76.1 Å². The molecule has 312 valence electrons. The molecule has 4 N–H and O–H groups in total. The van der Waals surface area contributed by atoms with Crippen LogP contribution in [0.4, 0.5) is 30.4 Å². The van der Waals surface area contributed by atoms with Gasteiger partial charge in [0.1, 0.15) is 29.4 Å². The van der Waals surface area contributed by atoms with Gasteiger partial charge in [-0.25, -0.2) is 9.97 Å². The number of anilines is 3. The molecule has 1 fully saturated rings. The van der Waals surface area contributed by atoms with Crippen LogP contribution in [0, 0.1) is 5.41 Å². The third kappa shape index (κ3) is 14.5. The molecule has 1 aromatic heterocycles. The van der Waals surface area contributed by atoms with Crippen LogP contribution >= 0.6 is 0 Å². The summed E-state index contributed by atoms with van der Waals surface area (Å²) < 4.78 is 58.5. The summed E-state index contributed by atoms with van der Waals surface area (Å²) in [5, 5.41) is 12.4. The van der Waals surface area contributed by atoms with E-state index in [1.807, 2.05) is 24.3 Å². The van der Waals surface area contributed by atoms with Crippen LogP contribution < -0.4 is 35.5 Å². The van der Waals surface area contributed by atoms with Gasteiger partial charge in [-0.1, -0.05) is 32.9 Å². The summed E-state index contributed by atoms with van der Waals surface area (Å²) in [6.07, 6.45) is 2.59. The lowest BCUT2D eigenvalue weighted by atomic mass is 9.88. The number of methoxy groups -OCH3 is 1. The number of aromatic nitrogens is 2. The highest BCUT2D eigenvalue weighted by Crippen LogP contribution is 2.30. The molecule has 0 spiro atoms. The second kappa shape index (κ2) is 20.8. The van der Waals surface area contributed by atoms with Crippen LogP contribution in [-0.2, 0) is 9.53 Å². The fourth-order valence-electron chi connectivity index (χ4n) is 6.53. The van der Waals surface area contributed by atoms with E-state index in [0.29, 0.717) is 72.4 Å². The van der Waals surface area contributed by atoms with Crippen molar-refractivity contribution in [2.75, 3.05) is 44.1 Å². The Hall–Kier alpha value is -5.41. The van der Waals surface area contributed by atoms with Crippen molar-refractivity contribution in [1.29, 1.82) is 0 Å². The highest BCUT2D eigenvalue weighted by Gasteiger charge is 2.32. The molecule has 12 nitrogen and oxygen atoms in total. The largest absolute Gasteiger partial charge is 0.573 e. The summed E-state index contributed by atoms with van der Waals surface area (Å²) in [5.74, 6) is 0.965. The molecule has 15 heteroatoms. The molecule has 2 heterocycles. The summed E-state index contributed by atoms with van der Waals surface area (Å²) in [6.45, 7) is 8.80. The van der Waals surface area contributed by atoms with Crippen LogP contribution in [0.15, 0.2) is 79.1 Å². The molecule has 4 aromatic rings. The fourth-order valence-corrected chi connectivity index (χ4v) is 6.53. The van der Waals surface area contributed by atoms with Crippen LogP contribution in [0.25, 0.3) is 11.3 Å². The lowest BCUT2D eigenvalue weighted by molar-refractivity contribution is -0.274. The smallest absolute Gasteiger partial charge is 0.495 e. The number of carbonyl (C=O) groups excluding carboxylic acids is 2. The Morgan fingerprint density at radius 2 is 1.62 bits per heavy atom. The SMILES string of the molecule is COc1cc(C(=O)NCCCCOCCCCOc2cccc(-c3cc(Nc4ccc(OC(F)(F)F)cc4)ncn3)c2)ccc1NC(=O)C1CCC(CC(C)(C)C)N1. The Labute approximate surface area is 337 Å². The molecule has 2 amide bonds. The van der Waals surface area contributed by atoms with Gasteiger partial charge in [-0.3, -0.25) is 9.59 Å². The van der Waals surface area contributed by atoms with Crippen molar-refractivity contribution in [3.63, 3.8) is 0 Å². The van der Waals surface area contributed by atoms with Crippen molar-refractivity contribution in [2.24, 2.45) is 5.41 Å². The molecule has 1 saturated heterocycles. The topological polar surface area (TPSA) is 145 Å². The van der Waals surface area contributed by atoms with Gasteiger partial charge in [0.15, 0.2) is 0 Å². The van der Waals surface area contributed by atoms with E-state index in [1.165, 1.54) is 37.7 Å². The van der Waals surface area contributed by atoms with E-state index >= 15 is 0 Å². The first kappa shape index (κ1) is 43.7. The maximum Gasteiger partial charge on any atom is 0.573 e. The van der Waals surface area contributed by atoms with Gasteiger partial charge in [0, 0.05) is 48.7 Å². The molecule has 0 bridgehead atoms. The fraction of sp³-hybridized carbons (Fsp3) is 0.442. The summed E-state index contributed by atoms with van der Waals surface area (Å²) >= 11 is 0. The summed E-state index contributed by atoms with van der Waals surface area (Å²) in [5.41, 5.74) is 3.17. The minimum absolute atomic E-state index is 0.103. The monoisotopic (exact) mass is 806 g/mol. The lowest BCUT2D eigenvalue weighted by Gasteiger charge is -2.23. The molecule has 0 radical (unpaired) electrons. The first-order valence-corrected chi connectivity index (χ1v) is 19.5. The van der Waals surface area contributed by atoms with E-state index in [9.17, 15) is 22.8 Å². The van der Waals surface area contributed by atoms with E-state index in [2.05, 4.69) is 56.7 Å². The number of hydrogen-bond acceptors (Lipinski definition) is 10. The highest BCUT2D eigenvalue weighted by atomic mass is 19.4. The number of unbranched alkanes of at least 4 members (excludes halogenated alkanes) is 2. The Morgan fingerprint density at radius 3 is 2.36 bits per heavy atom. The first-order chi connectivity index (χ1) is 27.7. The van der Waals surface area contributed by atoms with Gasteiger partial charge in [-0.2, -0.15) is 0 Å². The van der Waals surface area contributed by atoms with Crippen LogP contribution in [0.5, 0.6) is 17.2 Å². The molecule has 0 aliphatic carbocycles. The number of benzene rings is 3. The number of carbonyl (C=O) groups is 2. The van der Waals surface area contributed by atoms with Crippen molar-refractivity contribution in [3.05, 3.63) is 84.7 Å². The van der Waals surface area contributed by atoms with Crippen LogP contribution in [0.2, 0.25) is 0 Å². The molecular weight excluding hydrogens is 754 g/mol. The van der Waals surface area contributed by atoms with Crippen LogP contribution in [-0.4, -0.2) is 73.7 Å². The number of ether oxygens (including phenoxy) is 4. The number of nitrogens with one attached hydrogen (secondary N) is 4. The second-order valence-corrected chi connectivity index (χ2v) is 15.3. The van der Waals surface area contributed by atoms with Crippen molar-refractivity contribution in [3.8, 4) is 28.5 Å². The Bertz CT molecular complexity index is 1940. The van der Waals surface area contributed by atoms with Gasteiger partial charge in [0.05, 0.1) is 31.1 Å². The Kier molecular flexibility index (Phi) is 15.7. The third-order valence-electron chi connectivity index (χ3n) is 9.25. The number of nitrogens with zero attached hydrogens (tertiary/aromatic N) is 2. The van der Waals surface area contributed by atoms with Crippen molar-refractivity contribution >= 4 is 29.0 Å². The van der Waals surface area contributed by atoms with Gasteiger partial charge in [0.2, 0.25) is 5.91 Å². The summed E-state index contributed by atoms with van der Waals surface area (Å²) in [4.78, 5) is 34.3. The molecule has 2 atom stereocenters. The van der Waals surface area contributed by atoms with Gasteiger partial charge in [-0.15, -0.1) is 13.2 Å².